The second-order valence-corrected chi connectivity index (χ2v) is 12.3. The van der Waals surface area contributed by atoms with E-state index >= 15 is 0 Å². The van der Waals surface area contributed by atoms with E-state index in [0.29, 0.717) is 47.1 Å². The highest BCUT2D eigenvalue weighted by atomic mass is 35.5. The van der Waals surface area contributed by atoms with Gasteiger partial charge in [0.05, 0.1) is 38.2 Å². The molecule has 4 aliphatic carbocycles. The summed E-state index contributed by atoms with van der Waals surface area (Å²) in [7, 11) is 1.80. The highest BCUT2D eigenvalue weighted by Crippen LogP contribution is 2.57. The molecule has 1 saturated heterocycles. The normalized spacial score (nSPS) is 25.7. The van der Waals surface area contributed by atoms with Gasteiger partial charge in [-0.25, -0.2) is 4.98 Å². The van der Waals surface area contributed by atoms with E-state index in [1.165, 1.54) is 0 Å². The lowest BCUT2D eigenvalue weighted by atomic mass is 9.67. The van der Waals surface area contributed by atoms with Gasteiger partial charge in [-0.15, -0.1) is 11.6 Å². The molecule has 14 heteroatoms. The molecule has 0 spiro atoms. The van der Waals surface area contributed by atoms with Crippen molar-refractivity contribution >= 4 is 52.4 Å². The van der Waals surface area contributed by atoms with Gasteiger partial charge in [0, 0.05) is 13.6 Å². The van der Waals surface area contributed by atoms with Crippen molar-refractivity contribution in [3.05, 3.63) is 39.5 Å². The Morgan fingerprint density at radius 2 is 1.83 bits per heavy atom. The highest BCUT2D eigenvalue weighted by Gasteiger charge is 2.68. The van der Waals surface area contributed by atoms with Crippen molar-refractivity contribution < 1.29 is 31.1 Å². The van der Waals surface area contributed by atoms with Gasteiger partial charge in [0.25, 0.3) is 0 Å². The van der Waals surface area contributed by atoms with Crippen LogP contribution in [0.1, 0.15) is 37.7 Å². The molecule has 7 rings (SSSR count). The summed E-state index contributed by atoms with van der Waals surface area (Å²) in [6.45, 7) is 0.504. The number of alkyl halides is 7. The molecular formula is C27H27Cl2F6N5O. The first-order valence-corrected chi connectivity index (χ1v) is 14.1. The third-order valence-corrected chi connectivity index (χ3v) is 10.0. The number of halogens is 8. The molecule has 2 aromatic rings. The first kappa shape index (κ1) is 28.7. The average molecular weight is 622 g/mol. The van der Waals surface area contributed by atoms with E-state index in [0.717, 1.165) is 10.9 Å². The Morgan fingerprint density at radius 3 is 2.41 bits per heavy atom. The molecule has 2 heterocycles. The van der Waals surface area contributed by atoms with Gasteiger partial charge in [-0.3, -0.25) is 9.69 Å². The van der Waals surface area contributed by atoms with E-state index in [-0.39, 0.29) is 32.2 Å². The van der Waals surface area contributed by atoms with Crippen LogP contribution in [0.3, 0.4) is 0 Å². The number of nitrogens with one attached hydrogen (secondary N) is 2. The molecule has 5 aliphatic rings. The number of hydrogen-bond acceptors (Lipinski definition) is 4. The minimum atomic E-state index is -4.59. The predicted octanol–water partition coefficient (Wildman–Crippen LogP) is 4.74. The lowest BCUT2D eigenvalue weighted by Gasteiger charge is -2.56. The standard InChI is InChI=1S/C27H27Cl2F6N5O/c1-39-19-12-25(40-8-4-15(5-9-40)26(30,31)32)11-16(21(25)29)20(19)38-23(39)37-18-10-14(2-3-17(18)28)13-36-22(41)24(6-7-24)27(33,34)35/h2-3,10,12,15,21H,4-9,11,13H2,1H3,(H,36,41)(H,37,38). The monoisotopic (exact) mass is 621 g/mol. The maximum Gasteiger partial charge on any atom is 0.403 e. The van der Waals surface area contributed by atoms with Crippen molar-refractivity contribution in [2.45, 2.75) is 61.9 Å². The summed E-state index contributed by atoms with van der Waals surface area (Å²) < 4.78 is 81.2. The van der Waals surface area contributed by atoms with Crippen molar-refractivity contribution in [2.24, 2.45) is 18.4 Å². The van der Waals surface area contributed by atoms with E-state index < -0.39 is 40.5 Å². The van der Waals surface area contributed by atoms with Crippen molar-refractivity contribution in [3.8, 4) is 0 Å². The Kier molecular flexibility index (Phi) is 6.67. The molecule has 3 fully saturated rings. The number of anilines is 2. The number of benzene rings is 1. The number of aromatic nitrogens is 2. The maximum absolute atomic E-state index is 13.3. The lowest BCUT2D eigenvalue weighted by molar-refractivity contribution is -0.192. The Hall–Kier alpha value is -2.44. The van der Waals surface area contributed by atoms with Crippen LogP contribution in [0.4, 0.5) is 38.0 Å². The molecule has 1 aromatic carbocycles. The number of nitrogens with zero attached hydrogens (tertiary/aromatic N) is 3. The second kappa shape index (κ2) is 9.54. The Bertz CT molecular complexity index is 1520. The van der Waals surface area contributed by atoms with Crippen molar-refractivity contribution in [1.29, 1.82) is 0 Å². The van der Waals surface area contributed by atoms with Crippen molar-refractivity contribution in [1.82, 2.24) is 19.8 Å². The molecule has 0 radical (unpaired) electrons. The number of piperidine rings is 1. The summed E-state index contributed by atoms with van der Waals surface area (Å²) in [6, 6.07) is 4.83. The fraction of sp³-hybridized carbons (Fsp3) is 0.556. The Morgan fingerprint density at radius 1 is 1.15 bits per heavy atom. The number of carbonyl (C=O) groups excluding carboxylic acids is 1. The van der Waals surface area contributed by atoms with E-state index in [1.807, 2.05) is 10.6 Å². The van der Waals surface area contributed by atoms with Gasteiger partial charge in [0.1, 0.15) is 5.41 Å². The fourth-order valence-electron chi connectivity index (χ4n) is 6.24. The van der Waals surface area contributed by atoms with E-state index in [9.17, 15) is 31.1 Å². The predicted molar refractivity (Wildman–Crippen MR) is 142 cm³/mol. The van der Waals surface area contributed by atoms with Crippen LogP contribution in [0.25, 0.3) is 11.6 Å². The second-order valence-electron chi connectivity index (χ2n) is 11.4. The molecule has 2 bridgehead atoms. The number of likely N-dealkylation sites (tertiary alicyclic amines) is 1. The van der Waals surface area contributed by atoms with Crippen LogP contribution in [-0.2, 0) is 18.4 Å². The van der Waals surface area contributed by atoms with E-state index in [1.54, 1.807) is 25.2 Å². The summed E-state index contributed by atoms with van der Waals surface area (Å²) in [5.41, 5.74) is -0.951. The smallest absolute Gasteiger partial charge is 0.351 e. The molecule has 2 unspecified atom stereocenters. The van der Waals surface area contributed by atoms with Gasteiger partial charge in [-0.05, 0) is 74.5 Å². The summed E-state index contributed by atoms with van der Waals surface area (Å²) in [5, 5.41) is 7.01. The van der Waals surface area contributed by atoms with Crippen LogP contribution in [0.2, 0.25) is 5.02 Å². The number of hydrogen-bond donors (Lipinski definition) is 2. The Balaban J connectivity index is 1.20. The van der Waals surface area contributed by atoms with Crippen molar-refractivity contribution in [3.63, 3.8) is 0 Å². The molecule has 1 aromatic heterocycles. The van der Waals surface area contributed by atoms with Gasteiger partial charge in [0.2, 0.25) is 11.9 Å². The minimum Gasteiger partial charge on any atom is -0.351 e. The van der Waals surface area contributed by atoms with Crippen LogP contribution < -0.4 is 21.3 Å². The van der Waals surface area contributed by atoms with Gasteiger partial charge >= 0.3 is 12.4 Å². The van der Waals surface area contributed by atoms with Crippen LogP contribution in [0.15, 0.2) is 18.2 Å². The summed E-state index contributed by atoms with van der Waals surface area (Å²) in [6.07, 6.45) is -6.54. The van der Waals surface area contributed by atoms with E-state index in [4.69, 9.17) is 28.2 Å². The van der Waals surface area contributed by atoms with Crippen molar-refractivity contribution in [2.75, 3.05) is 18.4 Å². The number of rotatable bonds is 6. The zero-order chi connectivity index (χ0) is 29.5. The molecule has 1 aliphatic heterocycles. The SMILES string of the molecule is Cn1c(Nc2cc(CNC(=O)C3(C(F)(F)F)CC3)ccc2Cl)nc2c1=CC1(N3CCC(C(F)(F)F)CC3)CC=2C1Cl. The number of carbonyl (C=O) groups is 1. The summed E-state index contributed by atoms with van der Waals surface area (Å²) in [5.74, 6) is -1.89. The molecule has 2 atom stereocenters. The third-order valence-electron chi connectivity index (χ3n) is 9.05. The molecular weight excluding hydrogens is 595 g/mol. The number of amides is 1. The molecule has 41 heavy (non-hydrogen) atoms. The average Bonchev–Trinajstić information content (AvgIpc) is 3.69. The van der Waals surface area contributed by atoms with E-state index in [2.05, 4.69) is 15.5 Å². The van der Waals surface area contributed by atoms with Crippen LogP contribution in [0.5, 0.6) is 0 Å². The highest BCUT2D eigenvalue weighted by molar-refractivity contribution is 6.33. The Labute approximate surface area is 241 Å². The minimum absolute atomic E-state index is 0.0373. The summed E-state index contributed by atoms with van der Waals surface area (Å²) >= 11 is 13.2. The zero-order valence-corrected chi connectivity index (χ0v) is 23.4. The quantitative estimate of drug-likeness (QED) is 0.361. The molecule has 2 saturated carbocycles. The maximum atomic E-state index is 13.3. The molecule has 222 valence electrons. The third kappa shape index (κ3) is 4.60. The first-order chi connectivity index (χ1) is 19.2. The largest absolute Gasteiger partial charge is 0.403 e. The van der Waals surface area contributed by atoms with Gasteiger partial charge in [-0.1, -0.05) is 17.7 Å². The van der Waals surface area contributed by atoms with Gasteiger partial charge in [0.15, 0.2) is 0 Å². The molecule has 2 N–H and O–H groups in total. The van der Waals surface area contributed by atoms with Crippen LogP contribution in [0, 0.1) is 11.3 Å². The first-order valence-electron chi connectivity index (χ1n) is 13.3. The van der Waals surface area contributed by atoms with Gasteiger partial charge < -0.3 is 15.2 Å². The zero-order valence-electron chi connectivity index (χ0n) is 21.9. The van der Waals surface area contributed by atoms with Crippen LogP contribution in [-0.4, -0.2) is 56.7 Å². The fourth-order valence-corrected chi connectivity index (χ4v) is 6.87. The van der Waals surface area contributed by atoms with Crippen LogP contribution >= 0.6 is 23.2 Å². The topological polar surface area (TPSA) is 62.2 Å². The molecule has 1 amide bonds. The number of imidazole rings is 1. The van der Waals surface area contributed by atoms with Gasteiger partial charge in [-0.2, -0.15) is 26.3 Å². The summed E-state index contributed by atoms with van der Waals surface area (Å²) in [4.78, 5) is 19.0. The molecule has 6 nitrogen and oxygen atoms in total. The lowest BCUT2D eigenvalue weighted by Crippen LogP contribution is -2.68.